The van der Waals surface area contributed by atoms with E-state index in [1.54, 1.807) is 11.3 Å². The summed E-state index contributed by atoms with van der Waals surface area (Å²) < 4.78 is 0. The second-order valence-electron chi connectivity index (χ2n) is 5.39. The van der Waals surface area contributed by atoms with Gasteiger partial charge in [-0.25, -0.2) is 0 Å². The fourth-order valence-corrected chi connectivity index (χ4v) is 4.38. The number of amides is 2. The van der Waals surface area contributed by atoms with Gasteiger partial charge in [0.05, 0.1) is 11.5 Å². The maximum absolute atomic E-state index is 11.9. The maximum atomic E-state index is 11.9. The number of benzene rings is 1. The first-order valence-electron chi connectivity index (χ1n) is 7.94. The van der Waals surface area contributed by atoms with Gasteiger partial charge in [-0.15, -0.1) is 23.1 Å². The van der Waals surface area contributed by atoms with Gasteiger partial charge in [0.15, 0.2) is 0 Å². The summed E-state index contributed by atoms with van der Waals surface area (Å²) in [5, 5.41) is 7.79. The maximum Gasteiger partial charge on any atom is 0.234 e. The highest BCUT2D eigenvalue weighted by Gasteiger charge is 2.06. The van der Waals surface area contributed by atoms with Crippen LogP contribution >= 0.6 is 34.9 Å². The average Bonchev–Trinajstić information content (AvgIpc) is 3.08. The predicted octanol–water partition coefficient (Wildman–Crippen LogP) is 3.78. The van der Waals surface area contributed by atoms with Gasteiger partial charge in [0, 0.05) is 28.6 Å². The van der Waals surface area contributed by atoms with E-state index in [1.807, 2.05) is 43.0 Å². The number of nitrogens with one attached hydrogen (secondary N) is 2. The van der Waals surface area contributed by atoms with Crippen molar-refractivity contribution in [3.63, 3.8) is 0 Å². The minimum Gasteiger partial charge on any atom is -0.355 e. The van der Waals surface area contributed by atoms with Crippen molar-refractivity contribution >= 4 is 52.4 Å². The van der Waals surface area contributed by atoms with Gasteiger partial charge in [-0.1, -0.05) is 18.2 Å². The zero-order chi connectivity index (χ0) is 17.9. The highest BCUT2D eigenvalue weighted by atomic mass is 32.2. The van der Waals surface area contributed by atoms with E-state index in [9.17, 15) is 9.59 Å². The molecule has 134 valence electrons. The van der Waals surface area contributed by atoms with Crippen LogP contribution < -0.4 is 10.6 Å². The first-order chi connectivity index (χ1) is 12.1. The Morgan fingerprint density at radius 2 is 1.92 bits per heavy atom. The van der Waals surface area contributed by atoms with Crippen LogP contribution in [0.5, 0.6) is 0 Å². The molecule has 0 aliphatic heterocycles. The summed E-state index contributed by atoms with van der Waals surface area (Å²) >= 11 is 4.89. The molecular weight excluding hydrogens is 372 g/mol. The average molecular weight is 395 g/mol. The number of rotatable bonds is 10. The molecule has 2 aromatic rings. The van der Waals surface area contributed by atoms with E-state index < -0.39 is 0 Å². The van der Waals surface area contributed by atoms with E-state index in [1.165, 1.54) is 16.6 Å². The van der Waals surface area contributed by atoms with E-state index in [-0.39, 0.29) is 17.6 Å². The van der Waals surface area contributed by atoms with Crippen LogP contribution in [0.1, 0.15) is 10.4 Å². The number of thiophene rings is 1. The lowest BCUT2D eigenvalue weighted by Crippen LogP contribution is -2.28. The minimum atomic E-state index is -0.0881. The largest absolute Gasteiger partial charge is 0.355 e. The quantitative estimate of drug-likeness (QED) is 0.602. The molecule has 1 heterocycles. The lowest BCUT2D eigenvalue weighted by molar-refractivity contribution is -0.118. The third-order valence-electron chi connectivity index (χ3n) is 3.16. The van der Waals surface area contributed by atoms with Crippen LogP contribution in [0.4, 0.5) is 5.69 Å². The lowest BCUT2D eigenvalue weighted by atomic mass is 10.2. The fourth-order valence-electron chi connectivity index (χ4n) is 2.04. The second-order valence-corrected chi connectivity index (χ2v) is 8.52. The predicted molar refractivity (Wildman–Crippen MR) is 111 cm³/mol. The monoisotopic (exact) mass is 394 g/mol. The van der Waals surface area contributed by atoms with Crippen LogP contribution in [0.15, 0.2) is 41.8 Å². The number of anilines is 1. The number of carbonyl (C=O) groups is 2. The zero-order valence-corrected chi connectivity index (χ0v) is 16.6. The molecule has 1 aromatic carbocycles. The normalized spacial score (nSPS) is 10.4. The lowest BCUT2D eigenvalue weighted by Gasteiger charge is -2.07. The molecule has 2 N–H and O–H groups in total. The molecule has 0 fully saturated rings. The summed E-state index contributed by atoms with van der Waals surface area (Å²) in [6.45, 7) is 2.64. The van der Waals surface area contributed by atoms with Gasteiger partial charge in [0.1, 0.15) is 0 Å². The van der Waals surface area contributed by atoms with Gasteiger partial charge in [-0.2, -0.15) is 11.8 Å². The third-order valence-corrected chi connectivity index (χ3v) is 6.16. The van der Waals surface area contributed by atoms with Crippen LogP contribution in [-0.4, -0.2) is 35.6 Å². The van der Waals surface area contributed by atoms with E-state index in [4.69, 9.17) is 0 Å². The molecule has 0 aliphatic rings. The molecule has 4 nitrogen and oxygen atoms in total. The van der Waals surface area contributed by atoms with Gasteiger partial charge < -0.3 is 10.6 Å². The van der Waals surface area contributed by atoms with Crippen molar-refractivity contribution in [3.05, 3.63) is 52.2 Å². The Kier molecular flexibility index (Phi) is 8.93. The van der Waals surface area contributed by atoms with Crippen LogP contribution in [0, 0.1) is 6.92 Å². The van der Waals surface area contributed by atoms with Gasteiger partial charge in [0.2, 0.25) is 11.8 Å². The Labute approximate surface area is 161 Å². The molecule has 0 unspecified atom stereocenters. The molecule has 7 heteroatoms. The van der Waals surface area contributed by atoms with Crippen LogP contribution in [0.25, 0.3) is 0 Å². The Morgan fingerprint density at radius 3 is 2.68 bits per heavy atom. The SMILES string of the molecule is Cc1cccc(NC(=O)CSCC(=O)NCCSCc2cccs2)c1. The summed E-state index contributed by atoms with van der Waals surface area (Å²) in [6.07, 6.45) is 0. The number of thioether (sulfide) groups is 2. The van der Waals surface area contributed by atoms with Crippen LogP contribution in [-0.2, 0) is 15.3 Å². The van der Waals surface area contributed by atoms with Crippen molar-refractivity contribution in [2.75, 3.05) is 29.1 Å². The Hall–Kier alpha value is -1.44. The standard InChI is InChI=1S/C18H22N2O2S3/c1-14-4-2-5-15(10-14)20-18(22)13-24-12-17(21)19-7-9-23-11-16-6-3-8-25-16/h2-6,8,10H,7,9,11-13H2,1H3,(H,19,21)(H,20,22). The summed E-state index contributed by atoms with van der Waals surface area (Å²) in [5.74, 6) is 2.34. The number of carbonyl (C=O) groups excluding carboxylic acids is 2. The first kappa shape index (κ1) is 19.9. The Morgan fingerprint density at radius 1 is 1.08 bits per heavy atom. The topological polar surface area (TPSA) is 58.2 Å². The van der Waals surface area contributed by atoms with Crippen LogP contribution in [0.3, 0.4) is 0 Å². The number of hydrogen-bond acceptors (Lipinski definition) is 5. The molecule has 2 amide bonds. The Bertz CT molecular complexity index is 675. The molecule has 1 aromatic heterocycles. The van der Waals surface area contributed by atoms with Crippen molar-refractivity contribution in [2.24, 2.45) is 0 Å². The summed E-state index contributed by atoms with van der Waals surface area (Å²) in [4.78, 5) is 25.0. The molecular formula is C18H22N2O2S3. The molecule has 0 spiro atoms. The molecule has 0 saturated heterocycles. The second kappa shape index (κ2) is 11.2. The summed E-state index contributed by atoms with van der Waals surface area (Å²) in [5.41, 5.74) is 1.89. The zero-order valence-electron chi connectivity index (χ0n) is 14.1. The van der Waals surface area contributed by atoms with Crippen molar-refractivity contribution in [2.45, 2.75) is 12.7 Å². The molecule has 0 atom stereocenters. The fraction of sp³-hybridized carbons (Fsp3) is 0.333. The molecule has 0 saturated carbocycles. The minimum absolute atomic E-state index is 0.0231. The third kappa shape index (κ3) is 8.47. The number of hydrogen-bond donors (Lipinski definition) is 2. The van der Waals surface area contributed by atoms with Crippen molar-refractivity contribution in [3.8, 4) is 0 Å². The molecule has 2 rings (SSSR count). The Balaban J connectivity index is 1.50. The first-order valence-corrected chi connectivity index (χ1v) is 11.1. The highest BCUT2D eigenvalue weighted by Crippen LogP contribution is 2.16. The van der Waals surface area contributed by atoms with Crippen molar-refractivity contribution in [1.82, 2.24) is 5.32 Å². The van der Waals surface area contributed by atoms with Gasteiger partial charge >= 0.3 is 0 Å². The van der Waals surface area contributed by atoms with E-state index >= 15 is 0 Å². The smallest absolute Gasteiger partial charge is 0.234 e. The van der Waals surface area contributed by atoms with Gasteiger partial charge in [-0.3, -0.25) is 9.59 Å². The van der Waals surface area contributed by atoms with Gasteiger partial charge in [0.25, 0.3) is 0 Å². The van der Waals surface area contributed by atoms with Crippen LogP contribution in [0.2, 0.25) is 0 Å². The molecule has 0 bridgehead atoms. The summed E-state index contributed by atoms with van der Waals surface area (Å²) in [6, 6.07) is 11.8. The van der Waals surface area contributed by atoms with E-state index in [0.29, 0.717) is 12.3 Å². The van der Waals surface area contributed by atoms with E-state index in [0.717, 1.165) is 22.8 Å². The van der Waals surface area contributed by atoms with Crippen molar-refractivity contribution in [1.29, 1.82) is 0 Å². The molecule has 0 radical (unpaired) electrons. The van der Waals surface area contributed by atoms with Crippen molar-refractivity contribution < 1.29 is 9.59 Å². The van der Waals surface area contributed by atoms with E-state index in [2.05, 4.69) is 28.1 Å². The molecule has 25 heavy (non-hydrogen) atoms. The number of aryl methyl sites for hydroxylation is 1. The van der Waals surface area contributed by atoms with Gasteiger partial charge in [-0.05, 0) is 36.1 Å². The highest BCUT2D eigenvalue weighted by molar-refractivity contribution is 8.00. The molecule has 0 aliphatic carbocycles. The summed E-state index contributed by atoms with van der Waals surface area (Å²) in [7, 11) is 0.